The highest BCUT2D eigenvalue weighted by atomic mass is 32.2. The van der Waals surface area contributed by atoms with E-state index in [1.165, 1.54) is 4.57 Å². The molecule has 1 aromatic heterocycles. The maximum absolute atomic E-state index is 12.7. The number of likely N-dealkylation sites (tertiary alicyclic amines) is 1. The largest absolute Gasteiger partial charge is 0.338 e. The number of carbonyl (C=O) groups is 1. The molecule has 1 aliphatic heterocycles. The van der Waals surface area contributed by atoms with Gasteiger partial charge in [0.05, 0.1) is 11.0 Å². The van der Waals surface area contributed by atoms with Crippen molar-refractivity contribution in [2.24, 2.45) is 0 Å². The van der Waals surface area contributed by atoms with Crippen molar-refractivity contribution in [3.63, 3.8) is 0 Å². The molecule has 1 aliphatic rings. The van der Waals surface area contributed by atoms with Gasteiger partial charge in [-0.25, -0.2) is 13.4 Å². The van der Waals surface area contributed by atoms with E-state index in [1.807, 2.05) is 17.9 Å². The van der Waals surface area contributed by atoms with E-state index in [9.17, 15) is 13.2 Å². The van der Waals surface area contributed by atoms with E-state index >= 15 is 0 Å². The molecule has 1 aromatic carbocycles. The van der Waals surface area contributed by atoms with Crippen LogP contribution in [0.4, 0.5) is 0 Å². The molecule has 6 nitrogen and oxygen atoms in total. The number of rotatable bonds is 3. The van der Waals surface area contributed by atoms with Crippen molar-refractivity contribution in [2.45, 2.75) is 43.9 Å². The number of imidazole rings is 1. The molecule has 1 atom stereocenters. The first kappa shape index (κ1) is 16.0. The van der Waals surface area contributed by atoms with Gasteiger partial charge in [-0.15, -0.1) is 0 Å². The van der Waals surface area contributed by atoms with Gasteiger partial charge < -0.3 is 9.47 Å². The number of piperidine rings is 1. The third-order valence-corrected chi connectivity index (χ3v) is 5.34. The van der Waals surface area contributed by atoms with Crippen LogP contribution in [-0.4, -0.2) is 47.6 Å². The lowest BCUT2D eigenvalue weighted by Gasteiger charge is -2.33. The van der Waals surface area contributed by atoms with Gasteiger partial charge >= 0.3 is 0 Å². The Morgan fingerprint density at radius 3 is 2.74 bits per heavy atom. The number of hydrogen-bond donors (Lipinski definition) is 0. The van der Waals surface area contributed by atoms with Gasteiger partial charge in [0.2, 0.25) is 20.9 Å². The fraction of sp³-hybridized carbons (Fsp3) is 0.500. The van der Waals surface area contributed by atoms with Crippen molar-refractivity contribution in [3.05, 3.63) is 24.3 Å². The van der Waals surface area contributed by atoms with Crippen LogP contribution in [0.2, 0.25) is 0 Å². The number of fused-ring (bicyclic) bond motifs is 1. The van der Waals surface area contributed by atoms with E-state index in [1.54, 1.807) is 18.2 Å². The van der Waals surface area contributed by atoms with Gasteiger partial charge in [0, 0.05) is 18.8 Å². The maximum Gasteiger partial charge on any atom is 0.242 e. The summed E-state index contributed by atoms with van der Waals surface area (Å²) in [7, 11) is -3.50. The van der Waals surface area contributed by atoms with Crippen LogP contribution in [0.25, 0.3) is 11.0 Å². The normalized spacial score (nSPS) is 19.2. The van der Waals surface area contributed by atoms with Gasteiger partial charge in [-0.2, -0.15) is 0 Å². The molecule has 1 fully saturated rings. The van der Waals surface area contributed by atoms with Crippen LogP contribution in [0.5, 0.6) is 0 Å². The summed E-state index contributed by atoms with van der Waals surface area (Å²) in [6.45, 7) is 2.79. The van der Waals surface area contributed by atoms with Crippen molar-refractivity contribution in [2.75, 3.05) is 12.8 Å². The second-order valence-corrected chi connectivity index (χ2v) is 8.08. The summed E-state index contributed by atoms with van der Waals surface area (Å²) in [6.07, 6.45) is 4.25. The molecule has 3 rings (SSSR count). The van der Waals surface area contributed by atoms with Gasteiger partial charge in [-0.1, -0.05) is 12.1 Å². The van der Waals surface area contributed by atoms with Crippen LogP contribution in [0.1, 0.15) is 26.2 Å². The van der Waals surface area contributed by atoms with E-state index in [-0.39, 0.29) is 23.7 Å². The molecule has 1 saturated heterocycles. The van der Waals surface area contributed by atoms with Crippen LogP contribution in [-0.2, 0) is 21.2 Å². The lowest BCUT2D eigenvalue weighted by Crippen LogP contribution is -2.43. The first-order valence-electron chi connectivity index (χ1n) is 7.83. The number of amides is 1. The molecule has 7 heteroatoms. The first-order chi connectivity index (χ1) is 10.9. The smallest absolute Gasteiger partial charge is 0.242 e. The second-order valence-electron chi connectivity index (χ2n) is 6.17. The van der Waals surface area contributed by atoms with Crippen molar-refractivity contribution in [1.29, 1.82) is 0 Å². The molecule has 1 amide bonds. The summed E-state index contributed by atoms with van der Waals surface area (Å²) in [6, 6.07) is 7.38. The lowest BCUT2D eigenvalue weighted by molar-refractivity contribution is -0.135. The summed E-state index contributed by atoms with van der Waals surface area (Å²) >= 11 is 0. The van der Waals surface area contributed by atoms with Crippen LogP contribution >= 0.6 is 0 Å². The predicted molar refractivity (Wildman–Crippen MR) is 87.9 cm³/mol. The number of hydrogen-bond acceptors (Lipinski definition) is 4. The molecule has 2 aromatic rings. The fourth-order valence-electron chi connectivity index (χ4n) is 3.18. The molecule has 0 spiro atoms. The number of aromatic nitrogens is 2. The van der Waals surface area contributed by atoms with Crippen molar-refractivity contribution in [3.8, 4) is 0 Å². The van der Waals surface area contributed by atoms with Gasteiger partial charge in [-0.05, 0) is 38.3 Å². The van der Waals surface area contributed by atoms with Gasteiger partial charge in [-0.3, -0.25) is 4.79 Å². The molecule has 0 saturated carbocycles. The summed E-state index contributed by atoms with van der Waals surface area (Å²) < 4.78 is 25.6. The monoisotopic (exact) mass is 335 g/mol. The molecule has 0 N–H and O–H groups in total. The van der Waals surface area contributed by atoms with Crippen molar-refractivity contribution in [1.82, 2.24) is 14.5 Å². The molecule has 23 heavy (non-hydrogen) atoms. The Bertz CT molecular complexity index is 841. The Kier molecular flexibility index (Phi) is 4.14. The fourth-order valence-corrected chi connectivity index (χ4v) is 4.01. The number of sulfone groups is 1. The molecule has 124 valence electrons. The molecular weight excluding hydrogens is 314 g/mol. The molecule has 0 radical (unpaired) electrons. The molecule has 1 unspecified atom stereocenters. The SMILES string of the molecule is CC1CCCCN1C(=O)Cn1c(S(C)(=O)=O)nc2ccccc21. The summed E-state index contributed by atoms with van der Waals surface area (Å²) in [4.78, 5) is 18.7. The van der Waals surface area contributed by atoms with E-state index in [0.29, 0.717) is 11.0 Å². The maximum atomic E-state index is 12.7. The standard InChI is InChI=1S/C16H21N3O3S/c1-12-7-5-6-10-18(12)15(20)11-19-14-9-4-3-8-13(14)17-16(19)23(2,21)22/h3-4,8-9,12H,5-7,10-11H2,1-2H3. The lowest BCUT2D eigenvalue weighted by atomic mass is 10.0. The average Bonchev–Trinajstić information content (AvgIpc) is 2.87. The molecular formula is C16H21N3O3S. The van der Waals surface area contributed by atoms with E-state index in [0.717, 1.165) is 32.1 Å². The minimum absolute atomic E-state index is 0.00720. The highest BCUT2D eigenvalue weighted by molar-refractivity contribution is 7.90. The Balaban J connectivity index is 2.00. The summed E-state index contributed by atoms with van der Waals surface area (Å²) in [5.74, 6) is -0.0507. The molecule has 0 bridgehead atoms. The van der Waals surface area contributed by atoms with Crippen LogP contribution in [0.15, 0.2) is 29.4 Å². The molecule has 2 heterocycles. The number of para-hydroxylation sites is 2. The van der Waals surface area contributed by atoms with Gasteiger partial charge in [0.25, 0.3) is 0 Å². The van der Waals surface area contributed by atoms with Crippen molar-refractivity contribution < 1.29 is 13.2 Å². The number of benzene rings is 1. The molecule has 0 aliphatic carbocycles. The predicted octanol–water partition coefficient (Wildman–Crippen LogP) is 1.84. The zero-order valence-corrected chi connectivity index (χ0v) is 14.2. The van der Waals surface area contributed by atoms with E-state index in [2.05, 4.69) is 4.98 Å². The number of nitrogens with zero attached hydrogens (tertiary/aromatic N) is 3. The zero-order valence-electron chi connectivity index (χ0n) is 13.4. The Morgan fingerprint density at radius 1 is 1.30 bits per heavy atom. The third-order valence-electron chi connectivity index (χ3n) is 4.37. The Morgan fingerprint density at radius 2 is 2.04 bits per heavy atom. The summed E-state index contributed by atoms with van der Waals surface area (Å²) in [5, 5.41) is -0.0447. The van der Waals surface area contributed by atoms with Crippen LogP contribution < -0.4 is 0 Å². The zero-order chi connectivity index (χ0) is 16.6. The topological polar surface area (TPSA) is 72.3 Å². The second kappa shape index (κ2) is 5.96. The van der Waals surface area contributed by atoms with Gasteiger partial charge in [0.15, 0.2) is 0 Å². The Labute approximate surface area is 136 Å². The van der Waals surface area contributed by atoms with E-state index < -0.39 is 9.84 Å². The van der Waals surface area contributed by atoms with Crippen molar-refractivity contribution >= 4 is 26.8 Å². The highest BCUT2D eigenvalue weighted by Crippen LogP contribution is 2.22. The van der Waals surface area contributed by atoms with E-state index in [4.69, 9.17) is 0 Å². The third kappa shape index (κ3) is 3.10. The first-order valence-corrected chi connectivity index (χ1v) is 9.72. The van der Waals surface area contributed by atoms with Crippen LogP contribution in [0, 0.1) is 0 Å². The average molecular weight is 335 g/mol. The van der Waals surface area contributed by atoms with Gasteiger partial charge in [0.1, 0.15) is 6.54 Å². The highest BCUT2D eigenvalue weighted by Gasteiger charge is 2.26. The quantitative estimate of drug-likeness (QED) is 0.858. The minimum Gasteiger partial charge on any atom is -0.338 e. The summed E-state index contributed by atoms with van der Waals surface area (Å²) in [5.41, 5.74) is 1.26. The minimum atomic E-state index is -3.50. The Hall–Kier alpha value is -1.89. The number of carbonyl (C=O) groups excluding carboxylic acids is 1. The van der Waals surface area contributed by atoms with Crippen LogP contribution in [0.3, 0.4) is 0 Å².